The summed E-state index contributed by atoms with van der Waals surface area (Å²) in [4.78, 5) is 5.69. The van der Waals surface area contributed by atoms with E-state index in [4.69, 9.17) is 17.4 Å². The first-order chi connectivity index (χ1) is 8.78. The average Bonchev–Trinajstić information content (AvgIpc) is 3.00. The Kier molecular flexibility index (Phi) is 5.28. The molecule has 1 saturated carbocycles. The predicted molar refractivity (Wildman–Crippen MR) is 78.0 cm³/mol. The molecule has 1 aromatic heterocycles. The fourth-order valence-corrected chi connectivity index (χ4v) is 3.24. The standard InChI is InChI=1S/C12H19ClN4S/c13-11-6-5-10(18-11)7-8-15-12(17-14)16-9-3-1-2-4-9/h5-6,9H,1-4,7-8,14H2,(H2,15,16,17). The van der Waals surface area contributed by atoms with E-state index in [-0.39, 0.29) is 0 Å². The van der Waals surface area contributed by atoms with Crippen LogP contribution in [0, 0.1) is 0 Å². The summed E-state index contributed by atoms with van der Waals surface area (Å²) in [5.41, 5.74) is 2.64. The summed E-state index contributed by atoms with van der Waals surface area (Å²) >= 11 is 7.48. The largest absolute Gasteiger partial charge is 0.353 e. The molecule has 1 aliphatic rings. The van der Waals surface area contributed by atoms with Gasteiger partial charge in [0, 0.05) is 23.9 Å². The lowest BCUT2D eigenvalue weighted by Gasteiger charge is -2.14. The van der Waals surface area contributed by atoms with Crippen LogP contribution >= 0.6 is 22.9 Å². The summed E-state index contributed by atoms with van der Waals surface area (Å²) < 4.78 is 0.829. The second-order valence-electron chi connectivity index (χ2n) is 4.46. The Morgan fingerprint density at radius 3 is 2.83 bits per heavy atom. The van der Waals surface area contributed by atoms with Crippen LogP contribution in [0.15, 0.2) is 17.1 Å². The molecular weight excluding hydrogens is 268 g/mol. The van der Waals surface area contributed by atoms with Gasteiger partial charge < -0.3 is 5.32 Å². The third kappa shape index (κ3) is 4.15. The maximum Gasteiger partial charge on any atom is 0.205 e. The Balaban J connectivity index is 1.78. The molecule has 2 rings (SSSR count). The van der Waals surface area contributed by atoms with Gasteiger partial charge in [0.05, 0.1) is 4.34 Å². The van der Waals surface area contributed by atoms with E-state index in [2.05, 4.69) is 15.7 Å². The predicted octanol–water partition coefficient (Wildman–Crippen LogP) is 2.30. The van der Waals surface area contributed by atoms with Crippen LogP contribution in [0.25, 0.3) is 0 Å². The van der Waals surface area contributed by atoms with Gasteiger partial charge in [-0.15, -0.1) is 11.3 Å². The molecule has 0 bridgehead atoms. The Morgan fingerprint density at radius 1 is 1.44 bits per heavy atom. The zero-order valence-electron chi connectivity index (χ0n) is 10.3. The number of hydrogen-bond acceptors (Lipinski definition) is 3. The van der Waals surface area contributed by atoms with E-state index in [0.717, 1.165) is 17.3 Å². The number of rotatable bonds is 4. The van der Waals surface area contributed by atoms with Gasteiger partial charge in [-0.25, -0.2) is 5.84 Å². The lowest BCUT2D eigenvalue weighted by Crippen LogP contribution is -2.45. The molecule has 0 saturated heterocycles. The van der Waals surface area contributed by atoms with Crippen LogP contribution in [-0.2, 0) is 6.42 Å². The molecule has 4 nitrogen and oxygen atoms in total. The SMILES string of the molecule is NNC(=NCCc1ccc(Cl)s1)NC1CCCC1. The fraction of sp³-hybridized carbons (Fsp3) is 0.583. The summed E-state index contributed by atoms with van der Waals surface area (Å²) in [5.74, 6) is 6.17. The summed E-state index contributed by atoms with van der Waals surface area (Å²) in [6.45, 7) is 0.718. The quantitative estimate of drug-likeness (QED) is 0.344. The van der Waals surface area contributed by atoms with Gasteiger partial charge in [0.25, 0.3) is 0 Å². The molecule has 18 heavy (non-hydrogen) atoms. The molecule has 1 heterocycles. The van der Waals surface area contributed by atoms with Gasteiger partial charge in [0.2, 0.25) is 5.96 Å². The highest BCUT2D eigenvalue weighted by Gasteiger charge is 2.15. The van der Waals surface area contributed by atoms with Crippen molar-refractivity contribution in [2.24, 2.45) is 10.8 Å². The van der Waals surface area contributed by atoms with Gasteiger partial charge in [0.15, 0.2) is 0 Å². The molecule has 0 spiro atoms. The van der Waals surface area contributed by atoms with Crippen molar-refractivity contribution >= 4 is 28.9 Å². The molecule has 0 aliphatic heterocycles. The number of aliphatic imine (C=N–C) groups is 1. The van der Waals surface area contributed by atoms with Crippen LogP contribution in [-0.4, -0.2) is 18.5 Å². The summed E-state index contributed by atoms with van der Waals surface area (Å²) in [6.07, 6.45) is 5.91. The van der Waals surface area contributed by atoms with E-state index >= 15 is 0 Å². The lowest BCUT2D eigenvalue weighted by molar-refractivity contribution is 0.614. The average molecular weight is 287 g/mol. The zero-order chi connectivity index (χ0) is 12.8. The molecule has 100 valence electrons. The van der Waals surface area contributed by atoms with Crippen LogP contribution in [0.2, 0.25) is 4.34 Å². The highest BCUT2D eigenvalue weighted by molar-refractivity contribution is 7.16. The molecule has 1 fully saturated rings. The van der Waals surface area contributed by atoms with Crippen LogP contribution in [0.1, 0.15) is 30.6 Å². The Hall–Kier alpha value is -0.780. The van der Waals surface area contributed by atoms with E-state index in [0.29, 0.717) is 12.0 Å². The molecule has 1 aromatic rings. The van der Waals surface area contributed by atoms with E-state index in [1.165, 1.54) is 30.6 Å². The Bertz CT molecular complexity index is 399. The Morgan fingerprint density at radius 2 is 2.22 bits per heavy atom. The third-order valence-corrected chi connectivity index (χ3v) is 4.38. The first kappa shape index (κ1) is 13.6. The second kappa shape index (κ2) is 6.97. The van der Waals surface area contributed by atoms with E-state index < -0.39 is 0 Å². The van der Waals surface area contributed by atoms with Crippen molar-refractivity contribution in [2.45, 2.75) is 38.1 Å². The lowest BCUT2D eigenvalue weighted by atomic mass is 10.2. The smallest absolute Gasteiger partial charge is 0.205 e. The van der Waals surface area contributed by atoms with Crippen molar-refractivity contribution in [3.05, 3.63) is 21.3 Å². The van der Waals surface area contributed by atoms with Crippen molar-refractivity contribution in [3.63, 3.8) is 0 Å². The second-order valence-corrected chi connectivity index (χ2v) is 6.26. The van der Waals surface area contributed by atoms with E-state index in [1.807, 2.05) is 12.1 Å². The van der Waals surface area contributed by atoms with Gasteiger partial charge in [-0.2, -0.15) is 0 Å². The molecular formula is C12H19ClN4S. The Labute approximate surface area is 117 Å². The molecule has 0 amide bonds. The number of nitrogens with two attached hydrogens (primary N) is 1. The van der Waals surface area contributed by atoms with Gasteiger partial charge in [-0.3, -0.25) is 10.4 Å². The van der Waals surface area contributed by atoms with Gasteiger partial charge >= 0.3 is 0 Å². The molecule has 0 radical (unpaired) electrons. The minimum absolute atomic E-state index is 0.524. The number of thiophene rings is 1. The topological polar surface area (TPSA) is 62.4 Å². The van der Waals surface area contributed by atoms with Gasteiger partial charge in [-0.1, -0.05) is 24.4 Å². The molecule has 0 aromatic carbocycles. The van der Waals surface area contributed by atoms with Crippen LogP contribution < -0.4 is 16.6 Å². The molecule has 4 N–H and O–H groups in total. The first-order valence-electron chi connectivity index (χ1n) is 6.30. The zero-order valence-corrected chi connectivity index (χ0v) is 11.9. The minimum atomic E-state index is 0.524. The van der Waals surface area contributed by atoms with Crippen molar-refractivity contribution < 1.29 is 0 Å². The van der Waals surface area contributed by atoms with Crippen molar-refractivity contribution in [3.8, 4) is 0 Å². The van der Waals surface area contributed by atoms with Crippen molar-refractivity contribution in [2.75, 3.05) is 6.54 Å². The van der Waals surface area contributed by atoms with Crippen LogP contribution in [0.4, 0.5) is 0 Å². The summed E-state index contributed by atoms with van der Waals surface area (Å²) in [7, 11) is 0. The highest BCUT2D eigenvalue weighted by atomic mass is 35.5. The fourth-order valence-electron chi connectivity index (χ4n) is 2.16. The van der Waals surface area contributed by atoms with Crippen molar-refractivity contribution in [1.29, 1.82) is 0 Å². The van der Waals surface area contributed by atoms with Gasteiger partial charge in [-0.05, 0) is 25.0 Å². The monoisotopic (exact) mass is 286 g/mol. The van der Waals surface area contributed by atoms with E-state index in [1.54, 1.807) is 11.3 Å². The number of halogens is 1. The normalized spacial score (nSPS) is 17.1. The number of nitrogens with one attached hydrogen (secondary N) is 2. The van der Waals surface area contributed by atoms with Crippen LogP contribution in [0.5, 0.6) is 0 Å². The maximum atomic E-state index is 5.88. The molecule has 0 atom stereocenters. The molecule has 6 heteroatoms. The third-order valence-electron chi connectivity index (χ3n) is 3.09. The first-order valence-corrected chi connectivity index (χ1v) is 7.49. The summed E-state index contributed by atoms with van der Waals surface area (Å²) in [5, 5.41) is 3.35. The number of nitrogens with zero attached hydrogens (tertiary/aromatic N) is 1. The van der Waals surface area contributed by atoms with Crippen LogP contribution in [0.3, 0.4) is 0 Å². The van der Waals surface area contributed by atoms with Crippen molar-refractivity contribution in [1.82, 2.24) is 10.7 Å². The minimum Gasteiger partial charge on any atom is -0.353 e. The number of hydrazine groups is 1. The highest BCUT2D eigenvalue weighted by Crippen LogP contribution is 2.21. The van der Waals surface area contributed by atoms with E-state index in [9.17, 15) is 0 Å². The molecule has 1 aliphatic carbocycles. The number of guanidine groups is 1. The number of hydrogen-bond donors (Lipinski definition) is 3. The molecule has 0 unspecified atom stereocenters. The maximum absolute atomic E-state index is 5.88. The van der Waals surface area contributed by atoms with Gasteiger partial charge in [0.1, 0.15) is 0 Å². The summed E-state index contributed by atoms with van der Waals surface area (Å²) in [6, 6.07) is 4.49.